The Hall–Kier alpha value is -1.50. The summed E-state index contributed by atoms with van der Waals surface area (Å²) in [6.45, 7) is 6.29. The molecule has 1 aromatic carbocycles. The van der Waals surface area contributed by atoms with Crippen LogP contribution in [0.15, 0.2) is 23.2 Å². The number of hydrogen-bond donors (Lipinski definition) is 2. The predicted molar refractivity (Wildman–Crippen MR) is 98.3 cm³/mol. The number of morpholine rings is 1. The van der Waals surface area contributed by atoms with Gasteiger partial charge in [-0.2, -0.15) is 0 Å². The van der Waals surface area contributed by atoms with Crippen LogP contribution in [0.4, 0.5) is 0 Å². The lowest BCUT2D eigenvalue weighted by atomic mass is 10.1. The van der Waals surface area contributed by atoms with E-state index in [0.717, 1.165) is 74.7 Å². The molecule has 0 atom stereocenters. The molecular weight excluding hydrogens is 328 g/mol. The zero-order valence-electron chi connectivity index (χ0n) is 14.5. The highest BCUT2D eigenvalue weighted by Crippen LogP contribution is 2.22. The van der Waals surface area contributed by atoms with Gasteiger partial charge in [-0.05, 0) is 24.1 Å². The molecule has 1 saturated heterocycles. The van der Waals surface area contributed by atoms with Crippen molar-refractivity contribution in [3.05, 3.63) is 28.8 Å². The highest BCUT2D eigenvalue weighted by atomic mass is 35.5. The minimum absolute atomic E-state index is 0.728. The second kappa shape index (κ2) is 10.4. The van der Waals surface area contributed by atoms with Crippen LogP contribution >= 0.6 is 11.6 Å². The van der Waals surface area contributed by atoms with E-state index >= 15 is 0 Å². The molecule has 1 aliphatic heterocycles. The van der Waals surface area contributed by atoms with Crippen molar-refractivity contribution in [1.82, 2.24) is 15.5 Å². The molecule has 134 valence electrons. The van der Waals surface area contributed by atoms with Crippen LogP contribution in [0.25, 0.3) is 0 Å². The van der Waals surface area contributed by atoms with E-state index in [4.69, 9.17) is 21.1 Å². The van der Waals surface area contributed by atoms with Crippen molar-refractivity contribution in [2.45, 2.75) is 6.42 Å². The van der Waals surface area contributed by atoms with Crippen LogP contribution in [-0.4, -0.2) is 71.0 Å². The minimum atomic E-state index is 0.728. The Bertz CT molecular complexity index is 533. The Morgan fingerprint density at radius 3 is 2.71 bits per heavy atom. The van der Waals surface area contributed by atoms with Crippen molar-refractivity contribution in [1.29, 1.82) is 0 Å². The molecule has 24 heavy (non-hydrogen) atoms. The first-order valence-corrected chi connectivity index (χ1v) is 8.67. The summed E-state index contributed by atoms with van der Waals surface area (Å²) in [6.07, 6.45) is 0.826. The molecule has 0 aromatic heterocycles. The average molecular weight is 355 g/mol. The lowest BCUT2D eigenvalue weighted by molar-refractivity contribution is 0.0389. The number of guanidine groups is 1. The molecule has 0 unspecified atom stereocenters. The van der Waals surface area contributed by atoms with E-state index in [-0.39, 0.29) is 0 Å². The number of nitrogens with one attached hydrogen (secondary N) is 2. The number of rotatable bonds is 7. The van der Waals surface area contributed by atoms with Gasteiger partial charge in [0.1, 0.15) is 5.75 Å². The molecule has 0 saturated carbocycles. The van der Waals surface area contributed by atoms with E-state index in [0.29, 0.717) is 0 Å². The SMILES string of the molecule is CN=C(NCCc1ccc(OC)cc1Cl)NCCN1CCOCC1. The van der Waals surface area contributed by atoms with Gasteiger partial charge in [-0.1, -0.05) is 17.7 Å². The number of aliphatic imine (C=N–C) groups is 1. The lowest BCUT2D eigenvalue weighted by Gasteiger charge is -2.26. The van der Waals surface area contributed by atoms with Gasteiger partial charge < -0.3 is 20.1 Å². The molecule has 0 radical (unpaired) electrons. The molecule has 1 fully saturated rings. The summed E-state index contributed by atoms with van der Waals surface area (Å²) in [6, 6.07) is 5.76. The summed E-state index contributed by atoms with van der Waals surface area (Å²) < 4.78 is 10.5. The molecular formula is C17H27ClN4O2. The summed E-state index contributed by atoms with van der Waals surface area (Å²) >= 11 is 6.26. The van der Waals surface area contributed by atoms with Crippen molar-refractivity contribution in [3.8, 4) is 5.75 Å². The average Bonchev–Trinajstić information content (AvgIpc) is 2.62. The van der Waals surface area contributed by atoms with Gasteiger partial charge in [0.05, 0.1) is 20.3 Å². The van der Waals surface area contributed by atoms with E-state index in [1.807, 2.05) is 18.2 Å². The van der Waals surface area contributed by atoms with Gasteiger partial charge in [-0.3, -0.25) is 9.89 Å². The van der Waals surface area contributed by atoms with Crippen molar-refractivity contribution < 1.29 is 9.47 Å². The molecule has 0 amide bonds. The quantitative estimate of drug-likeness (QED) is 0.572. The van der Waals surface area contributed by atoms with Crippen LogP contribution in [0.1, 0.15) is 5.56 Å². The molecule has 0 spiro atoms. The second-order valence-corrected chi connectivity index (χ2v) is 5.99. The Morgan fingerprint density at radius 2 is 2.04 bits per heavy atom. The Balaban J connectivity index is 1.67. The number of ether oxygens (including phenoxy) is 2. The summed E-state index contributed by atoms with van der Waals surface area (Å²) in [5.41, 5.74) is 1.09. The molecule has 1 heterocycles. The highest BCUT2D eigenvalue weighted by molar-refractivity contribution is 6.31. The Morgan fingerprint density at radius 1 is 1.29 bits per heavy atom. The summed E-state index contributed by atoms with van der Waals surface area (Å²) in [4.78, 5) is 6.64. The van der Waals surface area contributed by atoms with E-state index in [1.165, 1.54) is 0 Å². The molecule has 6 nitrogen and oxygen atoms in total. The van der Waals surface area contributed by atoms with E-state index in [9.17, 15) is 0 Å². The maximum absolute atomic E-state index is 6.26. The van der Waals surface area contributed by atoms with Crippen molar-refractivity contribution in [3.63, 3.8) is 0 Å². The standard InChI is InChI=1S/C17H27ClN4O2/c1-19-17(21-7-8-22-9-11-24-12-10-22)20-6-5-14-3-4-15(23-2)13-16(14)18/h3-4,13H,5-12H2,1-2H3,(H2,19,20,21). The maximum atomic E-state index is 6.26. The van der Waals surface area contributed by atoms with Gasteiger partial charge in [0.25, 0.3) is 0 Å². The molecule has 2 N–H and O–H groups in total. The van der Waals surface area contributed by atoms with Gasteiger partial charge in [0, 0.05) is 44.8 Å². The number of halogens is 1. The normalized spacial score (nSPS) is 16.0. The van der Waals surface area contributed by atoms with Gasteiger partial charge in [-0.25, -0.2) is 0 Å². The molecule has 0 bridgehead atoms. The fraction of sp³-hybridized carbons (Fsp3) is 0.588. The fourth-order valence-electron chi connectivity index (χ4n) is 2.55. The summed E-state index contributed by atoms with van der Waals surface area (Å²) in [7, 11) is 3.42. The maximum Gasteiger partial charge on any atom is 0.191 e. The van der Waals surface area contributed by atoms with Crippen LogP contribution in [0, 0.1) is 0 Å². The smallest absolute Gasteiger partial charge is 0.191 e. The van der Waals surface area contributed by atoms with Crippen LogP contribution in [0.2, 0.25) is 5.02 Å². The summed E-state index contributed by atoms with van der Waals surface area (Å²) in [5.74, 6) is 1.59. The number of benzene rings is 1. The van der Waals surface area contributed by atoms with Crippen LogP contribution in [0.3, 0.4) is 0 Å². The fourth-order valence-corrected chi connectivity index (χ4v) is 2.82. The monoisotopic (exact) mass is 354 g/mol. The van der Waals surface area contributed by atoms with Crippen LogP contribution in [-0.2, 0) is 11.2 Å². The molecule has 1 aromatic rings. The number of hydrogen-bond acceptors (Lipinski definition) is 4. The van der Waals surface area contributed by atoms with Crippen molar-refractivity contribution in [2.75, 3.05) is 60.1 Å². The number of nitrogens with zero attached hydrogens (tertiary/aromatic N) is 2. The molecule has 2 rings (SSSR count). The predicted octanol–water partition coefficient (Wildman–Crippen LogP) is 1.39. The Kier molecular flexibility index (Phi) is 8.15. The van der Waals surface area contributed by atoms with Gasteiger partial charge in [0.2, 0.25) is 0 Å². The summed E-state index contributed by atoms with van der Waals surface area (Å²) in [5, 5.41) is 7.38. The van der Waals surface area contributed by atoms with Gasteiger partial charge >= 0.3 is 0 Å². The lowest BCUT2D eigenvalue weighted by Crippen LogP contribution is -2.44. The van der Waals surface area contributed by atoms with Crippen LogP contribution in [0.5, 0.6) is 5.75 Å². The van der Waals surface area contributed by atoms with Crippen LogP contribution < -0.4 is 15.4 Å². The van der Waals surface area contributed by atoms with Gasteiger partial charge in [-0.15, -0.1) is 0 Å². The number of methoxy groups -OCH3 is 1. The third kappa shape index (κ3) is 6.19. The third-order valence-electron chi connectivity index (χ3n) is 3.99. The van der Waals surface area contributed by atoms with Crippen molar-refractivity contribution in [2.24, 2.45) is 4.99 Å². The molecule has 1 aliphatic rings. The minimum Gasteiger partial charge on any atom is -0.497 e. The van der Waals surface area contributed by atoms with E-state index in [1.54, 1.807) is 14.2 Å². The Labute approximate surface area is 149 Å². The van der Waals surface area contributed by atoms with E-state index in [2.05, 4.69) is 20.5 Å². The highest BCUT2D eigenvalue weighted by Gasteiger charge is 2.09. The first-order valence-electron chi connectivity index (χ1n) is 8.30. The first kappa shape index (κ1) is 18.8. The first-order chi connectivity index (χ1) is 11.7. The molecule has 0 aliphatic carbocycles. The second-order valence-electron chi connectivity index (χ2n) is 5.59. The topological polar surface area (TPSA) is 58.1 Å². The third-order valence-corrected chi connectivity index (χ3v) is 4.35. The zero-order valence-corrected chi connectivity index (χ0v) is 15.2. The van der Waals surface area contributed by atoms with Gasteiger partial charge in [0.15, 0.2) is 5.96 Å². The molecule has 7 heteroatoms. The zero-order chi connectivity index (χ0) is 17.2. The van der Waals surface area contributed by atoms with E-state index < -0.39 is 0 Å². The largest absolute Gasteiger partial charge is 0.497 e. The van der Waals surface area contributed by atoms with Crippen molar-refractivity contribution >= 4 is 17.6 Å².